The van der Waals surface area contributed by atoms with Gasteiger partial charge in [0.25, 0.3) is 5.69 Å². The van der Waals surface area contributed by atoms with Gasteiger partial charge in [-0.05, 0) is 24.5 Å². The van der Waals surface area contributed by atoms with Crippen LogP contribution in [0.4, 0.5) is 17.1 Å². The molecule has 20 heavy (non-hydrogen) atoms. The van der Waals surface area contributed by atoms with Gasteiger partial charge in [0.2, 0.25) is 0 Å². The first-order chi connectivity index (χ1) is 9.66. The number of fused-ring (bicyclic) bond motifs is 1. The van der Waals surface area contributed by atoms with E-state index in [1.807, 2.05) is 18.1 Å². The number of nitro groups is 1. The highest BCUT2D eigenvalue weighted by Gasteiger charge is 2.26. The summed E-state index contributed by atoms with van der Waals surface area (Å²) in [7, 11) is 1.95. The van der Waals surface area contributed by atoms with Gasteiger partial charge in [-0.15, -0.1) is 0 Å². The van der Waals surface area contributed by atoms with E-state index in [0.29, 0.717) is 6.54 Å². The lowest BCUT2D eigenvalue weighted by Crippen LogP contribution is -2.27. The molecule has 0 aliphatic carbocycles. The van der Waals surface area contributed by atoms with Crippen LogP contribution in [0.15, 0.2) is 12.1 Å². The summed E-state index contributed by atoms with van der Waals surface area (Å²) < 4.78 is 0. The maximum atomic E-state index is 11.4. The van der Waals surface area contributed by atoms with Crippen LogP contribution in [0.2, 0.25) is 0 Å². The second-order valence-electron chi connectivity index (χ2n) is 5.52. The summed E-state index contributed by atoms with van der Waals surface area (Å²) in [5.41, 5.74) is 6.24. The van der Waals surface area contributed by atoms with Crippen molar-refractivity contribution < 1.29 is 4.92 Å². The summed E-state index contributed by atoms with van der Waals surface area (Å²) in [6.45, 7) is 2.49. The van der Waals surface area contributed by atoms with Gasteiger partial charge in [-0.1, -0.05) is 12.8 Å². The van der Waals surface area contributed by atoms with Crippen LogP contribution in [0.25, 0.3) is 0 Å². The van der Waals surface area contributed by atoms with Crippen LogP contribution in [0.5, 0.6) is 0 Å². The molecule has 2 aliphatic rings. The summed E-state index contributed by atoms with van der Waals surface area (Å²) in [4.78, 5) is 13.3. The first-order valence-corrected chi connectivity index (χ1v) is 7.20. The lowest BCUT2D eigenvalue weighted by molar-refractivity contribution is -0.384. The minimum absolute atomic E-state index is 0.239. The molecule has 1 N–H and O–H groups in total. The van der Waals surface area contributed by atoms with Crippen LogP contribution < -0.4 is 15.3 Å². The van der Waals surface area contributed by atoms with E-state index in [1.54, 1.807) is 6.07 Å². The average Bonchev–Trinajstić information content (AvgIpc) is 2.67. The molecule has 0 spiro atoms. The Morgan fingerprint density at radius 1 is 1.15 bits per heavy atom. The van der Waals surface area contributed by atoms with Gasteiger partial charge in [-0.3, -0.25) is 10.1 Å². The quantitative estimate of drug-likeness (QED) is 0.664. The molecule has 1 fully saturated rings. The zero-order valence-corrected chi connectivity index (χ0v) is 11.8. The van der Waals surface area contributed by atoms with Gasteiger partial charge in [0.15, 0.2) is 0 Å². The number of nitro benzene ring substituents is 1. The fraction of sp³-hybridized carbons (Fsp3) is 0.571. The van der Waals surface area contributed by atoms with Crippen molar-refractivity contribution in [1.82, 2.24) is 5.43 Å². The van der Waals surface area contributed by atoms with Crippen LogP contribution in [-0.2, 0) is 6.54 Å². The molecule has 1 saturated heterocycles. The lowest BCUT2D eigenvalue weighted by Gasteiger charge is -2.23. The molecule has 2 heterocycles. The summed E-state index contributed by atoms with van der Waals surface area (Å²) in [6, 6.07) is 3.70. The highest BCUT2D eigenvalue weighted by molar-refractivity contribution is 5.74. The molecule has 0 atom stereocenters. The van der Waals surface area contributed by atoms with Gasteiger partial charge in [0.05, 0.1) is 10.6 Å². The van der Waals surface area contributed by atoms with Gasteiger partial charge in [0, 0.05) is 32.7 Å². The molecule has 0 amide bonds. The van der Waals surface area contributed by atoms with E-state index >= 15 is 0 Å². The number of nitrogens with zero attached hydrogens (tertiary/aromatic N) is 3. The largest absolute Gasteiger partial charge is 0.366 e. The van der Waals surface area contributed by atoms with Gasteiger partial charge < -0.3 is 9.91 Å². The third kappa shape index (κ3) is 2.31. The van der Waals surface area contributed by atoms with Crippen LogP contribution in [0, 0.1) is 10.1 Å². The van der Waals surface area contributed by atoms with Crippen molar-refractivity contribution in [2.24, 2.45) is 0 Å². The number of rotatable bonds is 2. The standard InChI is InChI=1S/C14H20N4O2/c1-16-12-9-13(17-6-4-2-3-5-7-17)14(18(19)20)8-11(12)10-15-16/h8-9,15H,2-7,10H2,1H3. The van der Waals surface area contributed by atoms with E-state index in [9.17, 15) is 10.1 Å². The molecule has 2 aliphatic heterocycles. The average molecular weight is 276 g/mol. The Labute approximate surface area is 118 Å². The van der Waals surface area contributed by atoms with Crippen LogP contribution in [0.1, 0.15) is 31.2 Å². The van der Waals surface area contributed by atoms with Crippen LogP contribution >= 0.6 is 0 Å². The van der Waals surface area contributed by atoms with Crippen molar-refractivity contribution >= 4 is 17.1 Å². The SMILES string of the molecule is CN1NCc2cc([N+](=O)[O-])c(N3CCCCCC3)cc21. The number of hydrazine groups is 1. The highest BCUT2D eigenvalue weighted by atomic mass is 16.6. The van der Waals surface area contributed by atoms with Crippen molar-refractivity contribution in [2.45, 2.75) is 32.2 Å². The molecule has 0 aromatic heterocycles. The van der Waals surface area contributed by atoms with E-state index in [0.717, 1.165) is 42.9 Å². The molecular weight excluding hydrogens is 256 g/mol. The molecular formula is C14H20N4O2. The Bertz CT molecular complexity index is 524. The molecule has 108 valence electrons. The fourth-order valence-corrected chi connectivity index (χ4v) is 3.06. The number of benzene rings is 1. The Morgan fingerprint density at radius 2 is 1.85 bits per heavy atom. The van der Waals surface area contributed by atoms with Crippen molar-refractivity contribution in [1.29, 1.82) is 0 Å². The number of hydrogen-bond donors (Lipinski definition) is 1. The van der Waals surface area contributed by atoms with Gasteiger partial charge in [-0.25, -0.2) is 5.43 Å². The maximum absolute atomic E-state index is 11.4. The molecule has 6 heteroatoms. The third-order valence-electron chi connectivity index (χ3n) is 4.19. The van der Waals surface area contributed by atoms with E-state index in [4.69, 9.17) is 0 Å². The first kappa shape index (κ1) is 13.2. The second kappa shape index (κ2) is 5.28. The lowest BCUT2D eigenvalue weighted by atomic mass is 10.1. The first-order valence-electron chi connectivity index (χ1n) is 7.20. The molecule has 0 unspecified atom stereocenters. The summed E-state index contributed by atoms with van der Waals surface area (Å²) in [6.07, 6.45) is 4.66. The topological polar surface area (TPSA) is 61.6 Å². The molecule has 1 aromatic rings. The van der Waals surface area contributed by atoms with Gasteiger partial charge >= 0.3 is 0 Å². The summed E-state index contributed by atoms with van der Waals surface area (Å²) in [5.74, 6) is 0. The fourth-order valence-electron chi connectivity index (χ4n) is 3.06. The molecule has 3 rings (SSSR count). The van der Waals surface area contributed by atoms with E-state index < -0.39 is 0 Å². The Hall–Kier alpha value is -1.82. The molecule has 0 bridgehead atoms. The third-order valence-corrected chi connectivity index (χ3v) is 4.19. The maximum Gasteiger partial charge on any atom is 0.293 e. The van der Waals surface area contributed by atoms with Crippen LogP contribution in [0.3, 0.4) is 0 Å². The van der Waals surface area contributed by atoms with Gasteiger partial charge in [-0.2, -0.15) is 0 Å². The predicted octanol–water partition coefficient (Wildman–Crippen LogP) is 2.43. The monoisotopic (exact) mass is 276 g/mol. The van der Waals surface area contributed by atoms with E-state index in [-0.39, 0.29) is 10.6 Å². The zero-order valence-electron chi connectivity index (χ0n) is 11.8. The normalized spacial score (nSPS) is 18.9. The van der Waals surface area contributed by atoms with Crippen molar-refractivity contribution in [3.05, 3.63) is 27.8 Å². The van der Waals surface area contributed by atoms with E-state index in [2.05, 4.69) is 10.3 Å². The zero-order chi connectivity index (χ0) is 14.1. The highest BCUT2D eigenvalue weighted by Crippen LogP contribution is 2.37. The number of hydrogen-bond acceptors (Lipinski definition) is 5. The molecule has 0 saturated carbocycles. The van der Waals surface area contributed by atoms with E-state index in [1.165, 1.54) is 12.8 Å². The molecule has 6 nitrogen and oxygen atoms in total. The number of nitrogens with one attached hydrogen (secondary N) is 1. The number of anilines is 2. The van der Waals surface area contributed by atoms with Crippen molar-refractivity contribution in [2.75, 3.05) is 30.0 Å². The Morgan fingerprint density at radius 3 is 2.50 bits per heavy atom. The van der Waals surface area contributed by atoms with Gasteiger partial charge in [0.1, 0.15) is 5.69 Å². The molecule has 1 aromatic carbocycles. The van der Waals surface area contributed by atoms with Crippen LogP contribution in [-0.4, -0.2) is 25.1 Å². The predicted molar refractivity (Wildman–Crippen MR) is 79.0 cm³/mol. The second-order valence-corrected chi connectivity index (χ2v) is 5.52. The minimum atomic E-state index is -0.251. The summed E-state index contributed by atoms with van der Waals surface area (Å²) in [5, 5.41) is 13.3. The van der Waals surface area contributed by atoms with Crippen molar-refractivity contribution in [3.63, 3.8) is 0 Å². The Kier molecular flexibility index (Phi) is 3.48. The minimum Gasteiger partial charge on any atom is -0.366 e. The van der Waals surface area contributed by atoms with Crippen molar-refractivity contribution in [3.8, 4) is 0 Å². The Balaban J connectivity index is 2.03. The smallest absolute Gasteiger partial charge is 0.293 e. The summed E-state index contributed by atoms with van der Waals surface area (Å²) >= 11 is 0. The molecule has 0 radical (unpaired) electrons.